The van der Waals surface area contributed by atoms with E-state index in [1.54, 1.807) is 7.11 Å². The molecule has 0 aliphatic carbocycles. The molecular weight excluding hydrogens is 336 g/mol. The van der Waals surface area contributed by atoms with E-state index in [2.05, 4.69) is 64.1 Å². The minimum absolute atomic E-state index is 0.704. The second-order valence-electron chi connectivity index (χ2n) is 6.90. The molecule has 27 heavy (non-hydrogen) atoms. The number of fused-ring (bicyclic) bond motifs is 2. The molecule has 0 atom stereocenters. The summed E-state index contributed by atoms with van der Waals surface area (Å²) in [6, 6.07) is 18.7. The molecule has 0 spiro atoms. The molecule has 0 amide bonds. The number of pyridine rings is 1. The smallest absolute Gasteiger partial charge is 0.140 e. The minimum Gasteiger partial charge on any atom is -0.497 e. The topological polar surface area (TPSA) is 43.2 Å². The minimum atomic E-state index is 0.704. The van der Waals surface area contributed by atoms with E-state index in [9.17, 15) is 0 Å². The number of hydrogen-bond acceptors (Lipinski definition) is 4. The Morgan fingerprint density at radius 2 is 1.85 bits per heavy atom. The Balaban J connectivity index is 1.69. The molecule has 0 bridgehead atoms. The predicted octanol–water partition coefficient (Wildman–Crippen LogP) is 4.11. The highest BCUT2D eigenvalue weighted by atomic mass is 16.5. The van der Waals surface area contributed by atoms with Crippen LogP contribution >= 0.6 is 0 Å². The third-order valence-corrected chi connectivity index (χ3v) is 5.18. The molecule has 0 N–H and O–H groups in total. The van der Waals surface area contributed by atoms with E-state index in [0.29, 0.717) is 6.54 Å². The lowest BCUT2D eigenvalue weighted by atomic mass is 10.0. The summed E-state index contributed by atoms with van der Waals surface area (Å²) >= 11 is 0. The highest BCUT2D eigenvalue weighted by molar-refractivity contribution is 6.02. The SMILES string of the molecule is COc1ccc(Cn2nc3c4c(nccc42)N(C)Cc2ccccc2-3)cc1. The Labute approximate surface area is 157 Å². The molecule has 0 saturated carbocycles. The van der Waals surface area contributed by atoms with Gasteiger partial charge in [0.1, 0.15) is 17.3 Å². The van der Waals surface area contributed by atoms with Gasteiger partial charge in [0.2, 0.25) is 0 Å². The van der Waals surface area contributed by atoms with Gasteiger partial charge in [-0.2, -0.15) is 5.10 Å². The summed E-state index contributed by atoms with van der Waals surface area (Å²) < 4.78 is 7.34. The third-order valence-electron chi connectivity index (χ3n) is 5.18. The number of aromatic nitrogens is 3. The average molecular weight is 356 g/mol. The molecule has 2 aromatic heterocycles. The van der Waals surface area contributed by atoms with Gasteiger partial charge in [-0.3, -0.25) is 4.68 Å². The number of methoxy groups -OCH3 is 1. The van der Waals surface area contributed by atoms with Crippen molar-refractivity contribution in [3.63, 3.8) is 0 Å². The van der Waals surface area contributed by atoms with Crippen molar-refractivity contribution in [1.29, 1.82) is 0 Å². The van der Waals surface area contributed by atoms with Crippen LogP contribution in [0.5, 0.6) is 5.75 Å². The molecule has 5 nitrogen and oxygen atoms in total. The van der Waals surface area contributed by atoms with Gasteiger partial charge in [0.05, 0.1) is 24.6 Å². The number of nitrogens with zero attached hydrogens (tertiary/aromatic N) is 4. The zero-order valence-electron chi connectivity index (χ0n) is 15.4. The van der Waals surface area contributed by atoms with E-state index in [-0.39, 0.29) is 0 Å². The Morgan fingerprint density at radius 1 is 1.04 bits per heavy atom. The summed E-state index contributed by atoms with van der Waals surface area (Å²) in [6.45, 7) is 1.53. The molecule has 0 radical (unpaired) electrons. The first kappa shape index (κ1) is 15.9. The Hall–Kier alpha value is -3.34. The van der Waals surface area contributed by atoms with Crippen LogP contribution < -0.4 is 9.64 Å². The van der Waals surface area contributed by atoms with Crippen molar-refractivity contribution in [2.75, 3.05) is 19.1 Å². The number of ether oxygens (including phenoxy) is 1. The van der Waals surface area contributed by atoms with Crippen molar-refractivity contribution in [3.8, 4) is 17.0 Å². The molecule has 4 aromatic rings. The van der Waals surface area contributed by atoms with Crippen molar-refractivity contribution in [2.45, 2.75) is 13.1 Å². The summed E-state index contributed by atoms with van der Waals surface area (Å²) in [4.78, 5) is 6.87. The van der Waals surface area contributed by atoms with Crippen LogP contribution in [0.1, 0.15) is 11.1 Å². The van der Waals surface area contributed by atoms with Crippen LogP contribution in [0.15, 0.2) is 60.8 Å². The molecule has 2 aromatic carbocycles. The fourth-order valence-corrected chi connectivity index (χ4v) is 3.83. The van der Waals surface area contributed by atoms with Gasteiger partial charge in [0.25, 0.3) is 0 Å². The number of anilines is 1. The van der Waals surface area contributed by atoms with E-state index in [4.69, 9.17) is 9.84 Å². The van der Waals surface area contributed by atoms with Gasteiger partial charge < -0.3 is 9.64 Å². The van der Waals surface area contributed by atoms with Gasteiger partial charge in [0, 0.05) is 25.4 Å². The van der Waals surface area contributed by atoms with Crippen molar-refractivity contribution in [3.05, 3.63) is 71.9 Å². The molecule has 0 fully saturated rings. The lowest BCUT2D eigenvalue weighted by molar-refractivity contribution is 0.414. The van der Waals surface area contributed by atoms with E-state index < -0.39 is 0 Å². The van der Waals surface area contributed by atoms with Crippen LogP contribution in [0, 0.1) is 0 Å². The van der Waals surface area contributed by atoms with Crippen LogP contribution in [0.25, 0.3) is 22.2 Å². The Bertz CT molecular complexity index is 1130. The second kappa shape index (κ2) is 6.13. The standard InChI is InChI=1S/C22H20N4O/c1-25-14-16-5-3-4-6-18(16)21-20-19(11-12-23-22(20)25)26(24-21)13-15-7-9-17(27-2)10-8-15/h3-12H,13-14H2,1-2H3. The lowest BCUT2D eigenvalue weighted by Crippen LogP contribution is -2.17. The quantitative estimate of drug-likeness (QED) is 0.554. The third kappa shape index (κ3) is 2.54. The first-order valence-corrected chi connectivity index (χ1v) is 9.02. The van der Waals surface area contributed by atoms with Crippen LogP contribution in [-0.2, 0) is 13.1 Å². The average Bonchev–Trinajstić information content (AvgIpc) is 3.01. The fraction of sp³-hybridized carbons (Fsp3) is 0.182. The van der Waals surface area contributed by atoms with E-state index >= 15 is 0 Å². The molecule has 0 saturated heterocycles. The van der Waals surface area contributed by atoms with Crippen LogP contribution in [0.2, 0.25) is 0 Å². The summed E-state index contributed by atoms with van der Waals surface area (Å²) in [5.74, 6) is 1.85. The summed E-state index contributed by atoms with van der Waals surface area (Å²) in [7, 11) is 3.78. The highest BCUT2D eigenvalue weighted by Gasteiger charge is 2.24. The Morgan fingerprint density at radius 3 is 2.67 bits per heavy atom. The highest BCUT2D eigenvalue weighted by Crippen LogP contribution is 2.39. The maximum atomic E-state index is 5.26. The largest absolute Gasteiger partial charge is 0.497 e. The first-order chi connectivity index (χ1) is 13.2. The zero-order chi connectivity index (χ0) is 18.4. The molecule has 134 valence electrons. The second-order valence-corrected chi connectivity index (χ2v) is 6.90. The van der Waals surface area contributed by atoms with Crippen molar-refractivity contribution >= 4 is 16.7 Å². The molecule has 1 aliphatic heterocycles. The molecule has 0 unspecified atom stereocenters. The zero-order valence-corrected chi connectivity index (χ0v) is 15.4. The van der Waals surface area contributed by atoms with Crippen molar-refractivity contribution in [1.82, 2.24) is 14.8 Å². The van der Waals surface area contributed by atoms with E-state index in [0.717, 1.165) is 34.7 Å². The van der Waals surface area contributed by atoms with Crippen LogP contribution in [0.4, 0.5) is 5.82 Å². The first-order valence-electron chi connectivity index (χ1n) is 9.02. The molecule has 5 rings (SSSR count). The van der Waals surface area contributed by atoms with Gasteiger partial charge in [-0.05, 0) is 29.3 Å². The Kier molecular flexibility index (Phi) is 3.60. The number of rotatable bonds is 3. The fourth-order valence-electron chi connectivity index (χ4n) is 3.83. The van der Waals surface area contributed by atoms with Crippen molar-refractivity contribution < 1.29 is 4.74 Å². The maximum absolute atomic E-state index is 5.26. The summed E-state index contributed by atoms with van der Waals surface area (Å²) in [6.07, 6.45) is 1.88. The molecule has 1 aliphatic rings. The van der Waals surface area contributed by atoms with Crippen LogP contribution in [-0.4, -0.2) is 28.9 Å². The summed E-state index contributed by atoms with van der Waals surface area (Å²) in [5, 5.41) is 6.14. The van der Waals surface area contributed by atoms with Gasteiger partial charge in [-0.15, -0.1) is 0 Å². The maximum Gasteiger partial charge on any atom is 0.140 e. The molecular formula is C22H20N4O. The van der Waals surface area contributed by atoms with E-state index in [1.165, 1.54) is 16.7 Å². The van der Waals surface area contributed by atoms with Gasteiger partial charge in [-0.1, -0.05) is 36.4 Å². The van der Waals surface area contributed by atoms with Crippen LogP contribution in [0.3, 0.4) is 0 Å². The van der Waals surface area contributed by atoms with Gasteiger partial charge in [0.15, 0.2) is 0 Å². The summed E-state index contributed by atoms with van der Waals surface area (Å²) in [5.41, 5.74) is 5.77. The monoisotopic (exact) mass is 356 g/mol. The van der Waals surface area contributed by atoms with Gasteiger partial charge >= 0.3 is 0 Å². The molecule has 5 heteroatoms. The molecule has 3 heterocycles. The van der Waals surface area contributed by atoms with E-state index in [1.807, 2.05) is 18.3 Å². The normalized spacial score (nSPS) is 12.7. The number of benzene rings is 2. The lowest BCUT2D eigenvalue weighted by Gasteiger charge is -2.18. The van der Waals surface area contributed by atoms with Crippen molar-refractivity contribution in [2.24, 2.45) is 0 Å². The van der Waals surface area contributed by atoms with Gasteiger partial charge in [-0.25, -0.2) is 4.98 Å². The number of hydrogen-bond donors (Lipinski definition) is 0. The predicted molar refractivity (Wildman–Crippen MR) is 107 cm³/mol.